The number of hydrogen-bond acceptors (Lipinski definition) is 6. The van der Waals surface area contributed by atoms with E-state index in [-0.39, 0.29) is 0 Å². The minimum atomic E-state index is 0.481. The van der Waals surface area contributed by atoms with E-state index in [1.165, 1.54) is 10.9 Å². The molecule has 0 fully saturated rings. The topological polar surface area (TPSA) is 87.8 Å². The van der Waals surface area contributed by atoms with Crippen LogP contribution in [-0.2, 0) is 6.42 Å². The number of rotatable bonds is 7. The van der Waals surface area contributed by atoms with Crippen molar-refractivity contribution in [2.24, 2.45) is 0 Å². The first-order valence-corrected chi connectivity index (χ1v) is 8.72. The molecule has 2 aromatic carbocycles. The second-order valence-electron chi connectivity index (χ2n) is 6.03. The average molecular weight is 360 g/mol. The Hall–Kier alpha value is -3.61. The molecular weight excluding hydrogens is 340 g/mol. The van der Waals surface area contributed by atoms with E-state index in [0.717, 1.165) is 23.4 Å². The highest BCUT2D eigenvalue weighted by Gasteiger charge is 2.06. The van der Waals surface area contributed by atoms with Crippen LogP contribution < -0.4 is 15.4 Å². The minimum Gasteiger partial charge on any atom is -0.495 e. The molecule has 0 saturated heterocycles. The number of methoxy groups -OCH3 is 1. The first-order valence-electron chi connectivity index (χ1n) is 8.72. The van der Waals surface area contributed by atoms with Crippen molar-refractivity contribution in [1.82, 2.24) is 20.2 Å². The number of aromatic amines is 1. The van der Waals surface area contributed by atoms with Gasteiger partial charge in [-0.15, -0.1) is 5.10 Å². The summed E-state index contributed by atoms with van der Waals surface area (Å²) < 4.78 is 5.34. The van der Waals surface area contributed by atoms with E-state index in [9.17, 15) is 0 Å². The van der Waals surface area contributed by atoms with Crippen LogP contribution >= 0.6 is 0 Å². The molecule has 0 atom stereocenters. The smallest absolute Gasteiger partial charge is 0.244 e. The van der Waals surface area contributed by atoms with Crippen LogP contribution in [0.5, 0.6) is 5.75 Å². The summed E-state index contributed by atoms with van der Waals surface area (Å²) in [6, 6.07) is 15.9. The van der Waals surface area contributed by atoms with Gasteiger partial charge in [0, 0.05) is 23.6 Å². The molecule has 4 rings (SSSR count). The van der Waals surface area contributed by atoms with Crippen LogP contribution in [0.4, 0.5) is 17.5 Å². The normalized spacial score (nSPS) is 10.7. The maximum atomic E-state index is 5.34. The summed E-state index contributed by atoms with van der Waals surface area (Å²) in [5, 5.41) is 15.8. The highest BCUT2D eigenvalue weighted by molar-refractivity contribution is 5.83. The number of H-pyrrole nitrogens is 1. The molecule has 0 aliphatic heterocycles. The monoisotopic (exact) mass is 360 g/mol. The Bertz CT molecular complexity index is 1050. The second kappa shape index (κ2) is 7.74. The van der Waals surface area contributed by atoms with Crippen LogP contribution in [0.1, 0.15) is 5.56 Å². The highest BCUT2D eigenvalue weighted by atomic mass is 16.5. The molecule has 2 heterocycles. The SMILES string of the molecule is COc1ccccc1Nc1cnnc(NCCc2c[nH]c3ccccc23)n1. The molecule has 0 saturated carbocycles. The summed E-state index contributed by atoms with van der Waals surface area (Å²) >= 11 is 0. The van der Waals surface area contributed by atoms with Crippen LogP contribution in [0.3, 0.4) is 0 Å². The van der Waals surface area contributed by atoms with Gasteiger partial charge in [0.1, 0.15) is 5.75 Å². The fourth-order valence-electron chi connectivity index (χ4n) is 2.97. The predicted octanol–water partition coefficient (Wildman–Crippen LogP) is 3.76. The molecule has 27 heavy (non-hydrogen) atoms. The van der Waals surface area contributed by atoms with E-state index in [4.69, 9.17) is 4.74 Å². The summed E-state index contributed by atoms with van der Waals surface area (Å²) in [5.74, 6) is 1.82. The number of nitrogens with zero attached hydrogens (tertiary/aromatic N) is 3. The summed E-state index contributed by atoms with van der Waals surface area (Å²) in [6.07, 6.45) is 4.49. The molecule has 136 valence electrons. The van der Waals surface area contributed by atoms with Gasteiger partial charge in [0.25, 0.3) is 0 Å². The lowest BCUT2D eigenvalue weighted by molar-refractivity contribution is 0.417. The molecule has 0 bridgehead atoms. The average Bonchev–Trinajstić information content (AvgIpc) is 3.12. The van der Waals surface area contributed by atoms with Crippen molar-refractivity contribution in [2.75, 3.05) is 24.3 Å². The van der Waals surface area contributed by atoms with E-state index in [2.05, 4.69) is 42.9 Å². The van der Waals surface area contributed by atoms with E-state index in [1.54, 1.807) is 13.3 Å². The number of ether oxygens (including phenoxy) is 1. The van der Waals surface area contributed by atoms with E-state index in [0.29, 0.717) is 18.3 Å². The van der Waals surface area contributed by atoms with Crippen molar-refractivity contribution >= 4 is 28.4 Å². The zero-order valence-electron chi connectivity index (χ0n) is 14.9. The number of nitrogens with one attached hydrogen (secondary N) is 3. The van der Waals surface area contributed by atoms with Gasteiger partial charge in [-0.1, -0.05) is 30.3 Å². The van der Waals surface area contributed by atoms with Crippen molar-refractivity contribution in [3.63, 3.8) is 0 Å². The number of aromatic nitrogens is 4. The molecule has 0 unspecified atom stereocenters. The second-order valence-corrected chi connectivity index (χ2v) is 6.03. The summed E-state index contributed by atoms with van der Waals surface area (Å²) in [7, 11) is 1.64. The summed E-state index contributed by atoms with van der Waals surface area (Å²) in [5.41, 5.74) is 3.23. The lowest BCUT2D eigenvalue weighted by atomic mass is 10.1. The number of hydrogen-bond donors (Lipinski definition) is 3. The van der Waals surface area contributed by atoms with Crippen LogP contribution in [0.25, 0.3) is 10.9 Å². The Balaban J connectivity index is 1.41. The van der Waals surface area contributed by atoms with Gasteiger partial charge in [-0.25, -0.2) is 0 Å². The maximum Gasteiger partial charge on any atom is 0.244 e. The van der Waals surface area contributed by atoms with Gasteiger partial charge in [-0.3, -0.25) is 0 Å². The van der Waals surface area contributed by atoms with Gasteiger partial charge in [0.05, 0.1) is 19.0 Å². The third kappa shape index (κ3) is 3.82. The Morgan fingerprint density at radius 2 is 1.93 bits per heavy atom. The quantitative estimate of drug-likeness (QED) is 0.465. The number of anilines is 3. The van der Waals surface area contributed by atoms with Crippen molar-refractivity contribution in [3.05, 3.63) is 66.5 Å². The van der Waals surface area contributed by atoms with Crippen LogP contribution in [-0.4, -0.2) is 33.8 Å². The van der Waals surface area contributed by atoms with Gasteiger partial charge in [0.15, 0.2) is 5.82 Å². The molecule has 0 spiro atoms. The van der Waals surface area contributed by atoms with E-state index < -0.39 is 0 Å². The maximum absolute atomic E-state index is 5.34. The molecule has 2 aromatic heterocycles. The Kier molecular flexibility index (Phi) is 4.82. The Labute approximate surface area is 156 Å². The zero-order valence-corrected chi connectivity index (χ0v) is 14.9. The first-order chi connectivity index (χ1) is 13.3. The first kappa shape index (κ1) is 16.8. The lowest BCUT2D eigenvalue weighted by Crippen LogP contribution is -2.09. The molecule has 0 radical (unpaired) electrons. The highest BCUT2D eigenvalue weighted by Crippen LogP contribution is 2.26. The van der Waals surface area contributed by atoms with Crippen molar-refractivity contribution < 1.29 is 4.74 Å². The Morgan fingerprint density at radius 3 is 2.85 bits per heavy atom. The van der Waals surface area contributed by atoms with Crippen LogP contribution in [0.2, 0.25) is 0 Å². The van der Waals surface area contributed by atoms with Crippen LogP contribution in [0.15, 0.2) is 60.9 Å². The van der Waals surface area contributed by atoms with Gasteiger partial charge in [-0.2, -0.15) is 10.1 Å². The van der Waals surface area contributed by atoms with Crippen molar-refractivity contribution in [1.29, 1.82) is 0 Å². The van der Waals surface area contributed by atoms with E-state index >= 15 is 0 Å². The molecule has 0 aliphatic rings. The summed E-state index contributed by atoms with van der Waals surface area (Å²) in [6.45, 7) is 0.710. The molecule has 7 heteroatoms. The standard InChI is InChI=1S/C20H20N6O/c1-27-18-9-5-4-8-17(18)24-19-13-23-26-20(25-19)21-11-10-14-12-22-16-7-3-2-6-15(14)16/h2-9,12-13,22H,10-11H2,1H3,(H2,21,24,25,26). The number of para-hydroxylation sites is 3. The fraction of sp³-hybridized carbons (Fsp3) is 0.150. The molecule has 7 nitrogen and oxygen atoms in total. The fourth-order valence-corrected chi connectivity index (χ4v) is 2.97. The summed E-state index contributed by atoms with van der Waals surface area (Å²) in [4.78, 5) is 7.76. The van der Waals surface area contributed by atoms with Gasteiger partial charge < -0.3 is 20.4 Å². The number of benzene rings is 2. The molecule has 4 aromatic rings. The molecule has 0 aliphatic carbocycles. The lowest BCUT2D eigenvalue weighted by Gasteiger charge is -2.10. The van der Waals surface area contributed by atoms with Gasteiger partial charge in [0.2, 0.25) is 5.95 Å². The van der Waals surface area contributed by atoms with Crippen molar-refractivity contribution in [2.45, 2.75) is 6.42 Å². The Morgan fingerprint density at radius 1 is 1.07 bits per heavy atom. The number of fused-ring (bicyclic) bond motifs is 1. The van der Waals surface area contributed by atoms with Crippen molar-refractivity contribution in [3.8, 4) is 5.75 Å². The minimum absolute atomic E-state index is 0.481. The molecular formula is C20H20N6O. The van der Waals surface area contributed by atoms with Gasteiger partial charge >= 0.3 is 0 Å². The van der Waals surface area contributed by atoms with Gasteiger partial charge in [-0.05, 0) is 30.2 Å². The third-order valence-electron chi connectivity index (χ3n) is 4.28. The van der Waals surface area contributed by atoms with Crippen LogP contribution in [0, 0.1) is 0 Å². The zero-order chi connectivity index (χ0) is 18.5. The molecule has 0 amide bonds. The largest absolute Gasteiger partial charge is 0.495 e. The predicted molar refractivity (Wildman–Crippen MR) is 107 cm³/mol. The van der Waals surface area contributed by atoms with E-state index in [1.807, 2.05) is 42.6 Å². The molecule has 3 N–H and O–H groups in total. The third-order valence-corrected chi connectivity index (χ3v) is 4.28.